The molecule has 2 N–H and O–H groups in total. The van der Waals surface area contributed by atoms with Crippen LogP contribution in [0.15, 0.2) is 4.99 Å². The van der Waals surface area contributed by atoms with Crippen molar-refractivity contribution < 1.29 is 4.74 Å². The number of nitrogens with zero attached hydrogens (tertiary/aromatic N) is 3. The maximum Gasteiger partial charge on any atom is 0.191 e. The number of hydrogen-bond acceptors (Lipinski definition) is 4. The van der Waals surface area contributed by atoms with Gasteiger partial charge in [0.2, 0.25) is 0 Å². The first-order valence-corrected chi connectivity index (χ1v) is 10.7. The Morgan fingerprint density at radius 1 is 1.11 bits per heavy atom. The Kier molecular flexibility index (Phi) is 9.58. The van der Waals surface area contributed by atoms with E-state index in [2.05, 4.69) is 41.2 Å². The van der Waals surface area contributed by atoms with Gasteiger partial charge >= 0.3 is 0 Å². The molecule has 3 aliphatic heterocycles. The Bertz CT molecular complexity index is 467. The highest BCUT2D eigenvalue weighted by Gasteiger charge is 2.32. The van der Waals surface area contributed by atoms with E-state index < -0.39 is 0 Å². The smallest absolute Gasteiger partial charge is 0.191 e. The molecule has 3 rings (SSSR count). The predicted octanol–water partition coefficient (Wildman–Crippen LogP) is 2.29. The lowest BCUT2D eigenvalue weighted by Crippen LogP contribution is -2.52. The fourth-order valence-corrected chi connectivity index (χ4v) is 4.43. The van der Waals surface area contributed by atoms with Gasteiger partial charge in [-0.2, -0.15) is 0 Å². The molecule has 0 aromatic carbocycles. The quantitative estimate of drug-likeness (QED) is 0.338. The fraction of sp³-hybridized carbons (Fsp3) is 0.950. The van der Waals surface area contributed by atoms with Crippen LogP contribution in [0, 0.1) is 0 Å². The van der Waals surface area contributed by atoms with Gasteiger partial charge in [0.25, 0.3) is 0 Å². The predicted molar refractivity (Wildman–Crippen MR) is 123 cm³/mol. The molecule has 0 saturated carbocycles. The molecule has 3 fully saturated rings. The van der Waals surface area contributed by atoms with Gasteiger partial charge in [-0.15, -0.1) is 24.0 Å². The first kappa shape index (κ1) is 23.2. The zero-order chi connectivity index (χ0) is 18.4. The summed E-state index contributed by atoms with van der Waals surface area (Å²) in [6.45, 7) is 14.9. The second kappa shape index (κ2) is 11.2. The van der Waals surface area contributed by atoms with E-state index in [4.69, 9.17) is 9.73 Å². The Hall–Kier alpha value is -0.120. The van der Waals surface area contributed by atoms with Crippen molar-refractivity contribution >= 4 is 29.9 Å². The van der Waals surface area contributed by atoms with Crippen molar-refractivity contribution in [2.24, 2.45) is 4.99 Å². The van der Waals surface area contributed by atoms with Gasteiger partial charge in [-0.25, -0.2) is 0 Å². The summed E-state index contributed by atoms with van der Waals surface area (Å²) in [5, 5.41) is 6.91. The molecule has 2 unspecified atom stereocenters. The van der Waals surface area contributed by atoms with E-state index in [0.29, 0.717) is 6.04 Å². The highest BCUT2D eigenvalue weighted by molar-refractivity contribution is 14.0. The molecule has 0 amide bonds. The van der Waals surface area contributed by atoms with Crippen molar-refractivity contribution in [3.05, 3.63) is 0 Å². The van der Waals surface area contributed by atoms with Crippen LogP contribution in [0.3, 0.4) is 0 Å². The van der Waals surface area contributed by atoms with Crippen LogP contribution in [0.5, 0.6) is 0 Å². The lowest BCUT2D eigenvalue weighted by Gasteiger charge is -2.40. The maximum atomic E-state index is 6.07. The number of likely N-dealkylation sites (tertiary alicyclic amines) is 1. The summed E-state index contributed by atoms with van der Waals surface area (Å²) in [6, 6.07) is 0.665. The molecule has 0 aromatic rings. The van der Waals surface area contributed by atoms with E-state index in [9.17, 15) is 0 Å². The van der Waals surface area contributed by atoms with Crippen LogP contribution < -0.4 is 10.6 Å². The van der Waals surface area contributed by atoms with Crippen molar-refractivity contribution in [3.63, 3.8) is 0 Å². The van der Waals surface area contributed by atoms with Gasteiger partial charge in [-0.3, -0.25) is 14.8 Å². The SMILES string of the molecule is CCNC(=NCC(C)(C)N1CCCCC1)NCC1CN2CCCC2CO1.I. The molecule has 7 heteroatoms. The van der Waals surface area contributed by atoms with Gasteiger partial charge in [-0.1, -0.05) is 6.42 Å². The highest BCUT2D eigenvalue weighted by atomic mass is 127. The van der Waals surface area contributed by atoms with Gasteiger partial charge in [0.1, 0.15) is 0 Å². The molecule has 0 spiro atoms. The number of hydrogen-bond donors (Lipinski definition) is 2. The zero-order valence-electron chi connectivity index (χ0n) is 17.5. The summed E-state index contributed by atoms with van der Waals surface area (Å²) >= 11 is 0. The Balaban J connectivity index is 0.00000261. The van der Waals surface area contributed by atoms with Crippen molar-refractivity contribution in [1.29, 1.82) is 0 Å². The van der Waals surface area contributed by atoms with Gasteiger partial charge < -0.3 is 15.4 Å². The van der Waals surface area contributed by atoms with Crippen LogP contribution in [0.2, 0.25) is 0 Å². The van der Waals surface area contributed by atoms with Crippen LogP contribution >= 0.6 is 24.0 Å². The number of guanidine groups is 1. The van der Waals surface area contributed by atoms with Crippen LogP contribution in [-0.4, -0.2) is 85.9 Å². The molecular formula is C20H40IN5O. The molecule has 0 aromatic heterocycles. The van der Waals surface area contributed by atoms with Crippen LogP contribution in [0.1, 0.15) is 52.9 Å². The third-order valence-corrected chi connectivity index (χ3v) is 6.14. The number of fused-ring (bicyclic) bond motifs is 1. The van der Waals surface area contributed by atoms with Crippen molar-refractivity contribution in [2.75, 3.05) is 52.4 Å². The number of ether oxygens (including phenoxy) is 1. The summed E-state index contributed by atoms with van der Waals surface area (Å²) in [5.74, 6) is 0.921. The lowest BCUT2D eigenvalue weighted by molar-refractivity contribution is -0.0453. The number of piperidine rings is 1. The highest BCUT2D eigenvalue weighted by Crippen LogP contribution is 2.22. The molecule has 0 bridgehead atoms. The maximum absolute atomic E-state index is 6.07. The zero-order valence-corrected chi connectivity index (χ0v) is 19.8. The minimum absolute atomic E-state index is 0. The molecule has 3 saturated heterocycles. The summed E-state index contributed by atoms with van der Waals surface area (Å²) in [5.41, 5.74) is 0.118. The minimum atomic E-state index is 0. The summed E-state index contributed by atoms with van der Waals surface area (Å²) in [7, 11) is 0. The normalized spacial score (nSPS) is 27.7. The molecule has 3 aliphatic rings. The molecule has 27 heavy (non-hydrogen) atoms. The summed E-state index contributed by atoms with van der Waals surface area (Å²) < 4.78 is 6.07. The minimum Gasteiger partial charge on any atom is -0.373 e. The lowest BCUT2D eigenvalue weighted by atomic mass is 9.99. The average Bonchev–Trinajstić information content (AvgIpc) is 3.12. The van der Waals surface area contributed by atoms with Crippen molar-refractivity contribution in [1.82, 2.24) is 20.4 Å². The number of nitrogens with one attached hydrogen (secondary N) is 2. The van der Waals surface area contributed by atoms with E-state index in [1.807, 2.05) is 0 Å². The number of morpholine rings is 1. The van der Waals surface area contributed by atoms with E-state index in [1.54, 1.807) is 0 Å². The van der Waals surface area contributed by atoms with Crippen LogP contribution in [0.25, 0.3) is 0 Å². The second-order valence-electron chi connectivity index (χ2n) is 8.68. The fourth-order valence-electron chi connectivity index (χ4n) is 4.43. The molecule has 0 aliphatic carbocycles. The molecular weight excluding hydrogens is 453 g/mol. The Morgan fingerprint density at radius 2 is 1.89 bits per heavy atom. The Labute approximate surface area is 182 Å². The molecule has 3 heterocycles. The first-order chi connectivity index (χ1) is 12.6. The van der Waals surface area contributed by atoms with E-state index in [0.717, 1.165) is 38.7 Å². The standard InChI is InChI=1S/C20H39N5O.HI/c1-4-21-19(23-16-20(2,3)25-11-6-5-7-12-25)22-13-18-14-24-10-8-9-17(24)15-26-18;/h17-18H,4-16H2,1-3H3,(H2,21,22,23);1H. The van der Waals surface area contributed by atoms with Gasteiger partial charge in [0.05, 0.1) is 19.3 Å². The van der Waals surface area contributed by atoms with Crippen molar-refractivity contribution in [3.8, 4) is 0 Å². The Morgan fingerprint density at radius 3 is 2.63 bits per heavy atom. The molecule has 2 atom stereocenters. The van der Waals surface area contributed by atoms with Crippen molar-refractivity contribution in [2.45, 2.75) is 70.6 Å². The largest absolute Gasteiger partial charge is 0.373 e. The first-order valence-electron chi connectivity index (χ1n) is 10.7. The third kappa shape index (κ3) is 6.72. The number of rotatable bonds is 6. The number of aliphatic imine (C=N–C) groups is 1. The van der Waals surface area contributed by atoms with E-state index >= 15 is 0 Å². The average molecular weight is 493 g/mol. The van der Waals surface area contributed by atoms with Crippen LogP contribution in [0.4, 0.5) is 0 Å². The van der Waals surface area contributed by atoms with E-state index in [-0.39, 0.29) is 35.6 Å². The molecule has 0 radical (unpaired) electrons. The summed E-state index contributed by atoms with van der Waals surface area (Å²) in [6.07, 6.45) is 6.91. The monoisotopic (exact) mass is 493 g/mol. The number of halogens is 1. The second-order valence-corrected chi connectivity index (χ2v) is 8.68. The third-order valence-electron chi connectivity index (χ3n) is 6.14. The van der Waals surface area contributed by atoms with E-state index in [1.165, 1.54) is 51.7 Å². The van der Waals surface area contributed by atoms with Gasteiger partial charge in [-0.05, 0) is 66.1 Å². The topological polar surface area (TPSA) is 52.1 Å². The summed E-state index contributed by atoms with van der Waals surface area (Å²) in [4.78, 5) is 10.1. The molecule has 158 valence electrons. The van der Waals surface area contributed by atoms with Crippen LogP contribution in [-0.2, 0) is 4.74 Å². The molecule has 6 nitrogen and oxygen atoms in total. The van der Waals surface area contributed by atoms with Gasteiger partial charge in [0, 0.05) is 31.2 Å². The van der Waals surface area contributed by atoms with Gasteiger partial charge in [0.15, 0.2) is 5.96 Å².